The van der Waals surface area contributed by atoms with Crippen LogP contribution in [0.1, 0.15) is 5.69 Å². The summed E-state index contributed by atoms with van der Waals surface area (Å²) < 4.78 is 20.1. The smallest absolute Gasteiger partial charge is 0.153 e. The number of hydrogen-bond donors (Lipinski definition) is 0. The summed E-state index contributed by atoms with van der Waals surface area (Å²) in [5.41, 5.74) is 1.13. The summed E-state index contributed by atoms with van der Waals surface area (Å²) in [6, 6.07) is 1.71. The van der Waals surface area contributed by atoms with E-state index in [-0.39, 0.29) is 5.82 Å². The second kappa shape index (κ2) is 4.03. The Morgan fingerprint density at radius 2 is 2.43 bits per heavy atom. The van der Waals surface area contributed by atoms with Crippen molar-refractivity contribution >= 4 is 46.1 Å². The summed E-state index contributed by atoms with van der Waals surface area (Å²) in [7, 11) is 0. The standard InChI is InChI=1S/C8H6FIN2OS/c1-5-8(9)6-2-3-12(14-13-10)7(6)4-11-5/h2-4H,1H3. The molecule has 2 aromatic heterocycles. The number of pyridine rings is 1. The van der Waals surface area contributed by atoms with Crippen LogP contribution < -0.4 is 0 Å². The molecule has 0 aliphatic heterocycles. The normalized spacial score (nSPS) is 11.1. The lowest BCUT2D eigenvalue weighted by molar-refractivity contribution is 0.622. The predicted octanol–water partition coefficient (Wildman–Crippen LogP) is 3.26. The first-order chi connectivity index (χ1) is 6.74. The molecule has 0 aliphatic rings. The minimum absolute atomic E-state index is 0.268. The van der Waals surface area contributed by atoms with E-state index < -0.39 is 0 Å². The van der Waals surface area contributed by atoms with Gasteiger partial charge in [0.25, 0.3) is 0 Å². The summed E-state index contributed by atoms with van der Waals surface area (Å²) in [6.07, 6.45) is 3.38. The van der Waals surface area contributed by atoms with Crippen molar-refractivity contribution in [2.24, 2.45) is 0 Å². The van der Waals surface area contributed by atoms with Crippen molar-refractivity contribution in [1.82, 2.24) is 8.96 Å². The molecule has 0 aromatic carbocycles. The van der Waals surface area contributed by atoms with E-state index in [0.29, 0.717) is 11.1 Å². The molecule has 2 rings (SSSR count). The monoisotopic (exact) mass is 324 g/mol. The van der Waals surface area contributed by atoms with Gasteiger partial charge in [0.05, 0.1) is 17.4 Å². The summed E-state index contributed by atoms with van der Waals surface area (Å²) in [4.78, 5) is 3.95. The van der Waals surface area contributed by atoms with E-state index >= 15 is 0 Å². The van der Waals surface area contributed by atoms with Gasteiger partial charge < -0.3 is 0 Å². The topological polar surface area (TPSA) is 27.1 Å². The summed E-state index contributed by atoms with van der Waals surface area (Å²) in [5.74, 6) is -0.268. The quantitative estimate of drug-likeness (QED) is 0.627. The SMILES string of the molecule is Cc1ncc2c(ccn2SOI)c1F. The number of fused-ring (bicyclic) bond motifs is 1. The average Bonchev–Trinajstić information content (AvgIpc) is 2.57. The van der Waals surface area contributed by atoms with E-state index in [4.69, 9.17) is 2.51 Å². The Bertz CT molecular complexity index is 474. The fourth-order valence-electron chi connectivity index (χ4n) is 1.24. The molecule has 0 N–H and O–H groups in total. The molecule has 0 fully saturated rings. The molecule has 0 saturated carbocycles. The van der Waals surface area contributed by atoms with Crippen molar-refractivity contribution in [1.29, 1.82) is 0 Å². The molecule has 2 heterocycles. The predicted molar refractivity (Wildman–Crippen MR) is 62.5 cm³/mol. The molecular weight excluding hydrogens is 318 g/mol. The van der Waals surface area contributed by atoms with E-state index in [2.05, 4.69) is 4.98 Å². The van der Waals surface area contributed by atoms with Gasteiger partial charge in [0.1, 0.15) is 35.2 Å². The van der Waals surface area contributed by atoms with E-state index in [1.54, 1.807) is 52.4 Å². The molecule has 0 unspecified atom stereocenters. The highest BCUT2D eigenvalue weighted by Gasteiger charge is 2.09. The molecule has 0 amide bonds. The van der Waals surface area contributed by atoms with Crippen LogP contribution in [0.2, 0.25) is 0 Å². The van der Waals surface area contributed by atoms with Crippen molar-refractivity contribution in [3.63, 3.8) is 0 Å². The second-order valence-corrected chi connectivity index (χ2v) is 4.48. The van der Waals surface area contributed by atoms with Gasteiger partial charge in [-0.25, -0.2) is 6.90 Å². The van der Waals surface area contributed by atoms with E-state index in [1.807, 2.05) is 0 Å². The Balaban J connectivity index is 2.64. The first kappa shape index (κ1) is 10.2. The average molecular weight is 324 g/mol. The van der Waals surface area contributed by atoms with Crippen molar-refractivity contribution in [3.8, 4) is 0 Å². The van der Waals surface area contributed by atoms with Crippen LogP contribution in [0.4, 0.5) is 4.39 Å². The molecule has 14 heavy (non-hydrogen) atoms. The Kier molecular flexibility index (Phi) is 2.93. The van der Waals surface area contributed by atoms with Gasteiger partial charge in [-0.2, -0.15) is 0 Å². The van der Waals surface area contributed by atoms with Crippen LogP contribution in [0.25, 0.3) is 10.9 Å². The molecule has 0 radical (unpaired) electrons. The number of aryl methyl sites for hydroxylation is 1. The largest absolute Gasteiger partial charge is 0.266 e. The summed E-state index contributed by atoms with van der Waals surface area (Å²) in [6.45, 7) is 1.65. The Labute approximate surface area is 98.7 Å². The molecule has 3 nitrogen and oxygen atoms in total. The zero-order valence-electron chi connectivity index (χ0n) is 7.20. The number of aromatic nitrogens is 2. The minimum atomic E-state index is -0.268. The first-order valence-corrected chi connectivity index (χ1v) is 5.40. The minimum Gasteiger partial charge on any atom is -0.266 e. The van der Waals surface area contributed by atoms with Crippen molar-refractivity contribution in [3.05, 3.63) is 30.0 Å². The van der Waals surface area contributed by atoms with Gasteiger partial charge in [-0.1, -0.05) is 0 Å². The van der Waals surface area contributed by atoms with Crippen LogP contribution in [0, 0.1) is 12.7 Å². The lowest BCUT2D eigenvalue weighted by Gasteiger charge is -2.00. The molecule has 0 saturated heterocycles. The summed E-state index contributed by atoms with van der Waals surface area (Å²) >= 11 is 2.89. The Morgan fingerprint density at radius 1 is 1.64 bits per heavy atom. The van der Waals surface area contributed by atoms with Crippen LogP contribution in [-0.4, -0.2) is 8.96 Å². The van der Waals surface area contributed by atoms with Crippen LogP contribution in [-0.2, 0) is 2.51 Å². The first-order valence-electron chi connectivity index (χ1n) is 3.82. The van der Waals surface area contributed by atoms with Gasteiger partial charge >= 0.3 is 0 Å². The lowest BCUT2D eigenvalue weighted by Crippen LogP contribution is -1.90. The number of rotatable bonds is 2. The summed E-state index contributed by atoms with van der Waals surface area (Å²) in [5, 5.41) is 0.568. The maximum Gasteiger partial charge on any atom is 0.153 e. The van der Waals surface area contributed by atoms with Crippen molar-refractivity contribution in [2.75, 3.05) is 0 Å². The molecule has 0 bridgehead atoms. The number of halogens is 2. The molecule has 6 heteroatoms. The number of hydrogen-bond acceptors (Lipinski definition) is 3. The van der Waals surface area contributed by atoms with Crippen LogP contribution in [0.3, 0.4) is 0 Å². The molecule has 0 spiro atoms. The van der Waals surface area contributed by atoms with Crippen LogP contribution in [0.15, 0.2) is 18.5 Å². The Morgan fingerprint density at radius 3 is 3.14 bits per heavy atom. The molecular formula is C8H6FIN2OS. The third-order valence-corrected chi connectivity index (χ3v) is 2.95. The highest BCUT2D eigenvalue weighted by molar-refractivity contribution is 14.1. The number of nitrogens with zero attached hydrogens (tertiary/aromatic N) is 2. The zero-order valence-corrected chi connectivity index (χ0v) is 10.2. The van der Waals surface area contributed by atoms with E-state index in [9.17, 15) is 4.39 Å². The zero-order chi connectivity index (χ0) is 10.1. The van der Waals surface area contributed by atoms with Crippen LogP contribution in [0.5, 0.6) is 0 Å². The second-order valence-electron chi connectivity index (χ2n) is 2.74. The van der Waals surface area contributed by atoms with Gasteiger partial charge in [-0.3, -0.25) is 8.96 Å². The van der Waals surface area contributed by atoms with Gasteiger partial charge in [0.2, 0.25) is 0 Å². The maximum absolute atomic E-state index is 13.5. The Hall–Kier alpha value is -0.340. The van der Waals surface area contributed by atoms with Gasteiger partial charge in [0.15, 0.2) is 5.82 Å². The fourth-order valence-corrected chi connectivity index (χ4v) is 2.16. The molecule has 0 aliphatic carbocycles. The van der Waals surface area contributed by atoms with Crippen molar-refractivity contribution < 1.29 is 6.90 Å². The fraction of sp³-hybridized carbons (Fsp3) is 0.125. The third kappa shape index (κ3) is 1.61. The molecule has 0 atom stereocenters. The van der Waals surface area contributed by atoms with E-state index in [0.717, 1.165) is 17.7 Å². The van der Waals surface area contributed by atoms with Gasteiger partial charge in [-0.15, -0.1) is 0 Å². The molecule has 2 aromatic rings. The molecule has 74 valence electrons. The highest BCUT2D eigenvalue weighted by atomic mass is 127. The maximum atomic E-state index is 13.5. The van der Waals surface area contributed by atoms with Crippen LogP contribution >= 0.6 is 35.2 Å². The van der Waals surface area contributed by atoms with E-state index in [1.165, 1.54) is 0 Å². The third-order valence-electron chi connectivity index (χ3n) is 1.93. The highest BCUT2D eigenvalue weighted by Crippen LogP contribution is 2.25. The van der Waals surface area contributed by atoms with Gasteiger partial charge in [-0.05, 0) is 13.0 Å². The lowest BCUT2D eigenvalue weighted by atomic mass is 10.2. The van der Waals surface area contributed by atoms with Gasteiger partial charge in [0, 0.05) is 11.6 Å². The van der Waals surface area contributed by atoms with Crippen molar-refractivity contribution in [2.45, 2.75) is 6.92 Å².